The molecule has 0 rings (SSSR count). The van der Waals surface area contributed by atoms with Crippen molar-refractivity contribution in [1.82, 2.24) is 0 Å². The smallest absolute Gasteiger partial charge is 0.366 e. The van der Waals surface area contributed by atoms with Gasteiger partial charge in [0.05, 0.1) is 13.2 Å². The number of aliphatic hydroxyl groups excluding tert-OH is 1. The van der Waals surface area contributed by atoms with Crippen LogP contribution in [-0.4, -0.2) is 57.4 Å². The Morgan fingerprint density at radius 2 is 1.21 bits per heavy atom. The molecule has 0 saturated heterocycles. The van der Waals surface area contributed by atoms with Crippen LogP contribution in [0.15, 0.2) is 0 Å². The van der Waals surface area contributed by atoms with Gasteiger partial charge in [-0.3, -0.25) is 9.36 Å². The van der Waals surface area contributed by atoms with Crippen molar-refractivity contribution in [2.75, 3.05) is 34.0 Å². The van der Waals surface area contributed by atoms with Crippen molar-refractivity contribution >= 4 is 13.9 Å². The summed E-state index contributed by atoms with van der Waals surface area (Å²) < 4.78 is 32.8. The van der Waals surface area contributed by atoms with Crippen molar-refractivity contribution in [3.63, 3.8) is 0 Å². The lowest BCUT2D eigenvalue weighted by molar-refractivity contribution is -0.112. The SMILES string of the molecule is CCCCCCCCCCCCCCCCCCOC[C@@H](COP(=O)(OC)C(O)C=O)OC. The van der Waals surface area contributed by atoms with E-state index < -0.39 is 19.5 Å². The molecule has 0 heterocycles. The maximum Gasteiger partial charge on any atom is 0.366 e. The molecule has 0 spiro atoms. The minimum atomic E-state index is -3.88. The number of rotatable bonds is 26. The molecule has 0 aromatic carbocycles. The highest BCUT2D eigenvalue weighted by Gasteiger charge is 2.34. The Morgan fingerprint density at radius 3 is 1.61 bits per heavy atom. The van der Waals surface area contributed by atoms with Gasteiger partial charge in [0.2, 0.25) is 5.85 Å². The Hall–Kier alpha value is -0.300. The Bertz CT molecular complexity index is 476. The molecule has 0 radical (unpaired) electrons. The van der Waals surface area contributed by atoms with Gasteiger partial charge in [-0.05, 0) is 6.42 Å². The molecule has 0 saturated carbocycles. The third kappa shape index (κ3) is 18.7. The van der Waals surface area contributed by atoms with Crippen molar-refractivity contribution < 1.29 is 33.0 Å². The van der Waals surface area contributed by atoms with Gasteiger partial charge in [0.15, 0.2) is 6.29 Å². The minimum absolute atomic E-state index is 0.0918. The summed E-state index contributed by atoms with van der Waals surface area (Å²) in [4.78, 5) is 10.6. The fraction of sp³-hybridized carbons (Fsp3) is 0.960. The highest BCUT2D eigenvalue weighted by Crippen LogP contribution is 2.50. The Balaban J connectivity index is 3.49. The second-order valence-corrected chi connectivity index (χ2v) is 11.0. The third-order valence-corrected chi connectivity index (χ3v) is 7.71. The quantitative estimate of drug-likeness (QED) is 0.0817. The summed E-state index contributed by atoms with van der Waals surface area (Å²) in [5.41, 5.74) is 0. The summed E-state index contributed by atoms with van der Waals surface area (Å²) in [6.07, 6.45) is 21.0. The minimum Gasteiger partial charge on any atom is -0.379 e. The highest BCUT2D eigenvalue weighted by atomic mass is 31.2. The highest BCUT2D eigenvalue weighted by molar-refractivity contribution is 7.55. The lowest BCUT2D eigenvalue weighted by atomic mass is 10.0. The third-order valence-electron chi connectivity index (χ3n) is 5.92. The van der Waals surface area contributed by atoms with E-state index in [1.807, 2.05) is 0 Å². The summed E-state index contributed by atoms with van der Waals surface area (Å²) in [5.74, 6) is -1.80. The lowest BCUT2D eigenvalue weighted by Crippen LogP contribution is -2.26. The molecule has 0 amide bonds. The summed E-state index contributed by atoms with van der Waals surface area (Å²) in [6.45, 7) is 3.10. The van der Waals surface area contributed by atoms with Gasteiger partial charge >= 0.3 is 7.60 Å². The van der Waals surface area contributed by atoms with Gasteiger partial charge in [0, 0.05) is 20.8 Å². The van der Waals surface area contributed by atoms with Crippen LogP contribution >= 0.6 is 7.60 Å². The molecule has 0 aliphatic heterocycles. The Labute approximate surface area is 202 Å². The average Bonchev–Trinajstić information content (AvgIpc) is 2.84. The van der Waals surface area contributed by atoms with Crippen LogP contribution in [0.2, 0.25) is 0 Å². The molecule has 0 aromatic rings. The van der Waals surface area contributed by atoms with Gasteiger partial charge in [-0.25, -0.2) is 0 Å². The zero-order valence-electron chi connectivity index (χ0n) is 21.5. The van der Waals surface area contributed by atoms with E-state index in [4.69, 9.17) is 14.0 Å². The van der Waals surface area contributed by atoms with E-state index in [1.54, 1.807) is 0 Å². The van der Waals surface area contributed by atoms with Gasteiger partial charge in [-0.1, -0.05) is 103 Å². The fourth-order valence-corrected chi connectivity index (χ4v) is 4.65. The van der Waals surface area contributed by atoms with Crippen LogP contribution in [-0.2, 0) is 27.9 Å². The number of methoxy groups -OCH3 is 1. The molecular formula is C25H51O7P. The van der Waals surface area contributed by atoms with E-state index in [-0.39, 0.29) is 19.5 Å². The predicted molar refractivity (Wildman–Crippen MR) is 134 cm³/mol. The van der Waals surface area contributed by atoms with Crippen LogP contribution < -0.4 is 0 Å². The first kappa shape index (κ1) is 32.7. The van der Waals surface area contributed by atoms with E-state index in [0.29, 0.717) is 6.61 Å². The van der Waals surface area contributed by atoms with Crippen LogP contribution in [0.5, 0.6) is 0 Å². The average molecular weight is 495 g/mol. The van der Waals surface area contributed by atoms with Gasteiger partial charge in [-0.2, -0.15) is 0 Å². The van der Waals surface area contributed by atoms with E-state index in [0.717, 1.165) is 20.0 Å². The Morgan fingerprint density at radius 1 is 0.758 bits per heavy atom. The number of hydrogen-bond acceptors (Lipinski definition) is 7. The number of carbonyl (C=O) groups is 1. The van der Waals surface area contributed by atoms with Crippen LogP contribution in [0.1, 0.15) is 110 Å². The zero-order valence-corrected chi connectivity index (χ0v) is 22.4. The number of aliphatic hydroxyl groups is 1. The molecule has 0 fully saturated rings. The second-order valence-electron chi connectivity index (χ2n) is 8.80. The monoisotopic (exact) mass is 494 g/mol. The standard InChI is InChI=1S/C25H51O7P/c1-4-5-6-7-8-9-10-11-12-13-14-15-16-17-18-19-20-31-22-24(29-2)23-32-33(28,30-3)25(27)21-26/h21,24-25,27H,4-20,22-23H2,1-3H3/t24-,25?,33?/m0/s1. The van der Waals surface area contributed by atoms with E-state index in [2.05, 4.69) is 11.4 Å². The first-order valence-corrected chi connectivity index (χ1v) is 14.7. The molecule has 3 atom stereocenters. The van der Waals surface area contributed by atoms with Crippen LogP contribution in [0.25, 0.3) is 0 Å². The van der Waals surface area contributed by atoms with Crippen molar-refractivity contribution in [3.8, 4) is 0 Å². The number of ether oxygens (including phenoxy) is 2. The molecule has 1 N–H and O–H groups in total. The zero-order chi connectivity index (χ0) is 24.6. The first-order valence-electron chi connectivity index (χ1n) is 13.1. The summed E-state index contributed by atoms with van der Waals surface area (Å²) in [5, 5.41) is 9.45. The van der Waals surface area contributed by atoms with Crippen molar-refractivity contribution in [2.45, 2.75) is 122 Å². The molecule has 33 heavy (non-hydrogen) atoms. The van der Waals surface area contributed by atoms with E-state index in [1.165, 1.54) is 97.0 Å². The molecule has 0 aromatic heterocycles. The summed E-state index contributed by atoms with van der Waals surface area (Å²) in [7, 11) is -1.26. The maximum absolute atomic E-state index is 12.2. The van der Waals surface area contributed by atoms with Crippen LogP contribution in [0.3, 0.4) is 0 Å². The van der Waals surface area contributed by atoms with E-state index in [9.17, 15) is 14.5 Å². The van der Waals surface area contributed by atoms with Crippen molar-refractivity contribution in [3.05, 3.63) is 0 Å². The molecule has 0 bridgehead atoms. The number of hydrogen-bond donors (Lipinski definition) is 1. The molecule has 198 valence electrons. The number of unbranched alkanes of at least 4 members (excludes halogenated alkanes) is 15. The van der Waals surface area contributed by atoms with Crippen molar-refractivity contribution in [2.24, 2.45) is 0 Å². The molecule has 0 aliphatic rings. The second kappa shape index (κ2) is 23.4. The van der Waals surface area contributed by atoms with Crippen molar-refractivity contribution in [1.29, 1.82) is 0 Å². The normalized spacial score (nSPS) is 15.3. The van der Waals surface area contributed by atoms with Gasteiger partial charge in [0.1, 0.15) is 6.10 Å². The number of carbonyl (C=O) groups excluding carboxylic acids is 1. The molecule has 8 heteroatoms. The van der Waals surface area contributed by atoms with Gasteiger partial charge in [-0.15, -0.1) is 0 Å². The fourth-order valence-electron chi connectivity index (χ4n) is 3.65. The molecule has 2 unspecified atom stereocenters. The largest absolute Gasteiger partial charge is 0.379 e. The van der Waals surface area contributed by atoms with E-state index >= 15 is 0 Å². The number of aldehydes is 1. The maximum atomic E-state index is 12.2. The predicted octanol–water partition coefficient (Wildman–Crippen LogP) is 6.65. The molecule has 0 aliphatic carbocycles. The summed E-state index contributed by atoms with van der Waals surface area (Å²) in [6, 6.07) is 0. The Kier molecular flexibility index (Phi) is 23.2. The van der Waals surface area contributed by atoms with Gasteiger partial charge in [0.25, 0.3) is 0 Å². The lowest BCUT2D eigenvalue weighted by Gasteiger charge is -2.21. The van der Waals surface area contributed by atoms with Gasteiger partial charge < -0.3 is 23.6 Å². The molecular weight excluding hydrogens is 443 g/mol. The first-order chi connectivity index (χ1) is 16.0. The van der Waals surface area contributed by atoms with Crippen LogP contribution in [0.4, 0.5) is 0 Å². The topological polar surface area (TPSA) is 91.3 Å². The van der Waals surface area contributed by atoms with Crippen LogP contribution in [0, 0.1) is 0 Å². The summed E-state index contributed by atoms with van der Waals surface area (Å²) >= 11 is 0. The molecule has 7 nitrogen and oxygen atoms in total.